The van der Waals surface area contributed by atoms with Crippen molar-refractivity contribution in [3.05, 3.63) is 90.1 Å². The van der Waals surface area contributed by atoms with E-state index in [-0.39, 0.29) is 22.1 Å². The molecule has 0 amide bonds. The van der Waals surface area contributed by atoms with Gasteiger partial charge < -0.3 is 14.5 Å². The van der Waals surface area contributed by atoms with E-state index in [1.54, 1.807) is 43.3 Å². The van der Waals surface area contributed by atoms with Crippen molar-refractivity contribution in [2.75, 3.05) is 6.61 Å². The number of hydrogen-bond acceptors (Lipinski definition) is 5. The van der Waals surface area contributed by atoms with Crippen molar-refractivity contribution >= 4 is 26.7 Å². The second-order valence-electron chi connectivity index (χ2n) is 6.85. The molecule has 1 heterocycles. The summed E-state index contributed by atoms with van der Waals surface area (Å²) in [5, 5.41) is 0.402. The lowest BCUT2D eigenvalue weighted by Gasteiger charge is -2.08. The second kappa shape index (κ2) is 8.65. The minimum atomic E-state index is -3.96. The van der Waals surface area contributed by atoms with Gasteiger partial charge in [0.15, 0.2) is 0 Å². The number of benzene rings is 3. The molecule has 4 aromatic rings. The van der Waals surface area contributed by atoms with Gasteiger partial charge >= 0.3 is 5.97 Å². The van der Waals surface area contributed by atoms with Gasteiger partial charge in [0.2, 0.25) is 9.84 Å². The number of nitrogens with one attached hydrogen (secondary N) is 1. The zero-order valence-corrected chi connectivity index (χ0v) is 17.7. The summed E-state index contributed by atoms with van der Waals surface area (Å²) in [6.45, 7) is 2.17. The van der Waals surface area contributed by atoms with Crippen molar-refractivity contribution in [2.45, 2.75) is 23.3 Å². The fourth-order valence-electron chi connectivity index (χ4n) is 3.33. The normalized spacial score (nSPS) is 11.4. The molecule has 0 aliphatic rings. The number of fused-ring (bicyclic) bond motifs is 1. The maximum Gasteiger partial charge on any atom is 0.356 e. The molecular weight excluding hydrogens is 414 g/mol. The van der Waals surface area contributed by atoms with Crippen molar-refractivity contribution in [3.63, 3.8) is 0 Å². The Hall–Kier alpha value is -3.58. The van der Waals surface area contributed by atoms with Gasteiger partial charge in [-0.05, 0) is 36.8 Å². The molecule has 3 aromatic carbocycles. The number of aromatic amines is 1. The molecule has 31 heavy (non-hydrogen) atoms. The highest BCUT2D eigenvalue weighted by molar-refractivity contribution is 7.91. The van der Waals surface area contributed by atoms with E-state index >= 15 is 0 Å². The van der Waals surface area contributed by atoms with Crippen LogP contribution in [0.5, 0.6) is 5.75 Å². The molecule has 0 aliphatic carbocycles. The predicted molar refractivity (Wildman–Crippen MR) is 117 cm³/mol. The van der Waals surface area contributed by atoms with Crippen molar-refractivity contribution < 1.29 is 22.7 Å². The fourth-order valence-corrected chi connectivity index (χ4v) is 4.95. The lowest BCUT2D eigenvalue weighted by molar-refractivity contribution is 0.0516. The van der Waals surface area contributed by atoms with Crippen LogP contribution in [0.4, 0.5) is 0 Å². The number of aromatic nitrogens is 1. The number of ether oxygens (including phenoxy) is 2. The zero-order valence-electron chi connectivity index (χ0n) is 16.9. The number of esters is 1. The SMILES string of the molecule is CCOC(=O)c1[nH]c2cc(OCc3ccccc3)ccc2c1S(=O)(=O)c1ccccc1. The van der Waals surface area contributed by atoms with E-state index in [2.05, 4.69) is 4.98 Å². The van der Waals surface area contributed by atoms with E-state index in [9.17, 15) is 13.2 Å². The van der Waals surface area contributed by atoms with E-state index in [4.69, 9.17) is 9.47 Å². The number of sulfone groups is 1. The van der Waals surface area contributed by atoms with Crippen LogP contribution in [0, 0.1) is 0 Å². The van der Waals surface area contributed by atoms with Gasteiger partial charge in [-0.3, -0.25) is 0 Å². The summed E-state index contributed by atoms with van der Waals surface area (Å²) >= 11 is 0. The molecule has 4 rings (SSSR count). The van der Waals surface area contributed by atoms with Crippen LogP contribution in [-0.2, 0) is 21.2 Å². The summed E-state index contributed by atoms with van der Waals surface area (Å²) in [6.07, 6.45) is 0. The Morgan fingerprint density at radius 3 is 2.29 bits per heavy atom. The third-order valence-corrected chi connectivity index (χ3v) is 6.63. The average molecular weight is 436 g/mol. The summed E-state index contributed by atoms with van der Waals surface area (Å²) in [4.78, 5) is 15.5. The van der Waals surface area contributed by atoms with Gasteiger partial charge in [0, 0.05) is 11.5 Å². The van der Waals surface area contributed by atoms with Crippen LogP contribution in [0.3, 0.4) is 0 Å². The van der Waals surface area contributed by atoms with E-state index < -0.39 is 15.8 Å². The second-order valence-corrected chi connectivity index (χ2v) is 8.73. The first-order chi connectivity index (χ1) is 15.0. The van der Waals surface area contributed by atoms with Gasteiger partial charge in [-0.1, -0.05) is 48.5 Å². The first kappa shape index (κ1) is 20.7. The molecule has 0 fully saturated rings. The Kier molecular flexibility index (Phi) is 5.77. The first-order valence-electron chi connectivity index (χ1n) is 9.80. The fraction of sp³-hybridized carbons (Fsp3) is 0.125. The number of hydrogen-bond donors (Lipinski definition) is 1. The van der Waals surface area contributed by atoms with Gasteiger partial charge in [0.1, 0.15) is 22.9 Å². The van der Waals surface area contributed by atoms with Crippen LogP contribution in [0.1, 0.15) is 23.0 Å². The third kappa shape index (κ3) is 4.18. The topological polar surface area (TPSA) is 85.5 Å². The molecule has 0 aliphatic heterocycles. The lowest BCUT2D eigenvalue weighted by atomic mass is 10.2. The van der Waals surface area contributed by atoms with Crippen LogP contribution in [0.15, 0.2) is 88.7 Å². The quantitative estimate of drug-likeness (QED) is 0.423. The highest BCUT2D eigenvalue weighted by Crippen LogP contribution is 2.34. The van der Waals surface area contributed by atoms with Crippen molar-refractivity contribution in [1.82, 2.24) is 4.98 Å². The number of H-pyrrole nitrogens is 1. The Balaban J connectivity index is 1.78. The first-order valence-corrected chi connectivity index (χ1v) is 11.3. The highest BCUT2D eigenvalue weighted by atomic mass is 32.2. The largest absolute Gasteiger partial charge is 0.489 e. The van der Waals surface area contributed by atoms with Crippen molar-refractivity contribution in [2.24, 2.45) is 0 Å². The molecular formula is C24H21NO5S. The van der Waals surface area contributed by atoms with Crippen LogP contribution in [-0.4, -0.2) is 26.0 Å². The van der Waals surface area contributed by atoms with Gasteiger partial charge in [-0.15, -0.1) is 0 Å². The minimum Gasteiger partial charge on any atom is -0.489 e. The zero-order chi connectivity index (χ0) is 21.8. The average Bonchev–Trinajstić information content (AvgIpc) is 3.19. The van der Waals surface area contributed by atoms with Gasteiger partial charge in [0.25, 0.3) is 0 Å². The summed E-state index contributed by atoms with van der Waals surface area (Å²) in [5.41, 5.74) is 1.39. The van der Waals surface area contributed by atoms with E-state index in [1.807, 2.05) is 30.3 Å². The summed E-state index contributed by atoms with van der Waals surface area (Å²) in [6, 6.07) is 22.7. The summed E-state index contributed by atoms with van der Waals surface area (Å²) in [7, 11) is -3.96. The Bertz CT molecular complexity index is 1310. The molecule has 0 saturated carbocycles. The molecule has 0 bridgehead atoms. The standard InChI is InChI=1S/C24H21NO5S/c1-2-29-24(26)22-23(31(27,28)19-11-7-4-8-12-19)20-14-13-18(15-21(20)25-22)30-16-17-9-5-3-6-10-17/h3-15,25H,2,16H2,1H3. The van der Waals surface area contributed by atoms with E-state index in [1.165, 1.54) is 12.1 Å². The molecule has 0 spiro atoms. The lowest BCUT2D eigenvalue weighted by Crippen LogP contribution is -2.11. The Morgan fingerprint density at radius 2 is 1.61 bits per heavy atom. The smallest absolute Gasteiger partial charge is 0.356 e. The van der Waals surface area contributed by atoms with Crippen LogP contribution < -0.4 is 4.74 Å². The molecule has 0 saturated heterocycles. The van der Waals surface area contributed by atoms with E-state index in [0.717, 1.165) is 5.56 Å². The van der Waals surface area contributed by atoms with Gasteiger partial charge in [0.05, 0.1) is 17.0 Å². The number of carbonyl (C=O) groups is 1. The van der Waals surface area contributed by atoms with Crippen LogP contribution in [0.2, 0.25) is 0 Å². The van der Waals surface area contributed by atoms with Gasteiger partial charge in [-0.2, -0.15) is 0 Å². The molecule has 0 atom stereocenters. The van der Waals surface area contributed by atoms with Crippen LogP contribution >= 0.6 is 0 Å². The molecule has 1 aromatic heterocycles. The number of rotatable bonds is 7. The Labute approximate surface area is 180 Å². The van der Waals surface area contributed by atoms with Gasteiger partial charge in [-0.25, -0.2) is 13.2 Å². The highest BCUT2D eigenvalue weighted by Gasteiger charge is 2.30. The minimum absolute atomic E-state index is 0.0956. The third-order valence-electron chi connectivity index (χ3n) is 4.77. The van der Waals surface area contributed by atoms with Crippen molar-refractivity contribution in [3.8, 4) is 5.75 Å². The van der Waals surface area contributed by atoms with E-state index in [0.29, 0.717) is 23.3 Å². The monoisotopic (exact) mass is 435 g/mol. The molecule has 0 radical (unpaired) electrons. The predicted octanol–water partition coefficient (Wildman–Crippen LogP) is 4.76. The Morgan fingerprint density at radius 1 is 0.935 bits per heavy atom. The molecule has 1 N–H and O–H groups in total. The summed E-state index contributed by atoms with van der Waals surface area (Å²) < 4.78 is 37.7. The maximum atomic E-state index is 13.4. The summed E-state index contributed by atoms with van der Waals surface area (Å²) in [5.74, 6) is -0.170. The molecule has 158 valence electrons. The molecule has 6 nitrogen and oxygen atoms in total. The number of carbonyl (C=O) groups excluding carboxylic acids is 1. The van der Waals surface area contributed by atoms with Crippen molar-refractivity contribution in [1.29, 1.82) is 0 Å². The molecule has 0 unspecified atom stereocenters. The maximum absolute atomic E-state index is 13.4. The van der Waals surface area contributed by atoms with Crippen LogP contribution in [0.25, 0.3) is 10.9 Å². The molecule has 7 heteroatoms.